The van der Waals surface area contributed by atoms with Crippen LogP contribution in [-0.4, -0.2) is 39.8 Å². The topological polar surface area (TPSA) is 46.6 Å². The van der Waals surface area contributed by atoms with Crippen LogP contribution in [0.15, 0.2) is 30.3 Å². The first-order valence-electron chi connectivity index (χ1n) is 5.12. The van der Waals surface area contributed by atoms with E-state index in [2.05, 4.69) is 0 Å². The Balaban J connectivity index is 1.91. The highest BCUT2D eigenvalue weighted by Crippen LogP contribution is 2.11. The van der Waals surface area contributed by atoms with Crippen LogP contribution in [0.25, 0.3) is 0 Å². The Bertz CT molecular complexity index is 383. The van der Waals surface area contributed by atoms with E-state index in [0.29, 0.717) is 30.3 Å². The molecule has 4 nitrogen and oxygen atoms in total. The van der Waals surface area contributed by atoms with Gasteiger partial charge in [-0.25, -0.2) is 4.79 Å². The standard InChI is InChI=1S/C11H13NO3S/c13-11(12-6-8-16(14)9-7-12)15-10-4-2-1-3-5-10/h1-5H,6-9H2. The maximum Gasteiger partial charge on any atom is 0.415 e. The van der Waals surface area contributed by atoms with Gasteiger partial charge >= 0.3 is 6.09 Å². The van der Waals surface area contributed by atoms with E-state index >= 15 is 0 Å². The van der Waals surface area contributed by atoms with Crippen molar-refractivity contribution in [2.24, 2.45) is 0 Å². The maximum absolute atomic E-state index is 11.7. The normalized spacial score (nSPS) is 17.1. The van der Waals surface area contributed by atoms with Gasteiger partial charge in [0, 0.05) is 35.4 Å². The molecule has 0 saturated carbocycles. The lowest BCUT2D eigenvalue weighted by molar-refractivity contribution is 0.156. The highest BCUT2D eigenvalue weighted by molar-refractivity contribution is 7.85. The molecule has 1 saturated heterocycles. The average Bonchev–Trinajstić information content (AvgIpc) is 2.31. The zero-order valence-electron chi connectivity index (χ0n) is 8.80. The molecule has 0 aromatic heterocycles. The minimum Gasteiger partial charge on any atom is -0.410 e. The Morgan fingerprint density at radius 1 is 1.19 bits per heavy atom. The van der Waals surface area contributed by atoms with E-state index in [4.69, 9.17) is 4.74 Å². The highest BCUT2D eigenvalue weighted by Gasteiger charge is 2.21. The predicted octanol–water partition coefficient (Wildman–Crippen LogP) is 1.25. The molecular weight excluding hydrogens is 226 g/mol. The van der Waals surface area contributed by atoms with E-state index < -0.39 is 10.8 Å². The Morgan fingerprint density at radius 2 is 1.81 bits per heavy atom. The van der Waals surface area contributed by atoms with Crippen molar-refractivity contribution in [2.45, 2.75) is 0 Å². The summed E-state index contributed by atoms with van der Waals surface area (Å²) in [6.07, 6.45) is -0.358. The monoisotopic (exact) mass is 239 g/mol. The van der Waals surface area contributed by atoms with Gasteiger partial charge in [0.15, 0.2) is 0 Å². The molecular formula is C11H13NO3S. The van der Waals surface area contributed by atoms with Gasteiger partial charge in [-0.05, 0) is 12.1 Å². The molecule has 1 aromatic carbocycles. The van der Waals surface area contributed by atoms with Crippen LogP contribution in [0.3, 0.4) is 0 Å². The maximum atomic E-state index is 11.7. The molecule has 0 atom stereocenters. The summed E-state index contributed by atoms with van der Waals surface area (Å²) < 4.78 is 16.3. The number of ether oxygens (including phenoxy) is 1. The van der Waals surface area contributed by atoms with Crippen LogP contribution in [0.1, 0.15) is 0 Å². The van der Waals surface area contributed by atoms with Gasteiger partial charge in [-0.2, -0.15) is 0 Å². The van der Waals surface area contributed by atoms with E-state index in [-0.39, 0.29) is 6.09 Å². The molecule has 16 heavy (non-hydrogen) atoms. The van der Waals surface area contributed by atoms with Gasteiger partial charge in [0.1, 0.15) is 5.75 Å². The second-order valence-electron chi connectivity index (χ2n) is 3.52. The second kappa shape index (κ2) is 5.12. The van der Waals surface area contributed by atoms with Crippen LogP contribution >= 0.6 is 0 Å². The predicted molar refractivity (Wildman–Crippen MR) is 61.9 cm³/mol. The van der Waals surface area contributed by atoms with Crippen molar-refractivity contribution >= 4 is 16.9 Å². The second-order valence-corrected chi connectivity index (χ2v) is 5.21. The molecule has 1 fully saturated rings. The molecule has 0 spiro atoms. The van der Waals surface area contributed by atoms with Crippen molar-refractivity contribution in [1.82, 2.24) is 4.90 Å². The fourth-order valence-electron chi connectivity index (χ4n) is 1.47. The summed E-state index contributed by atoms with van der Waals surface area (Å²) in [5.41, 5.74) is 0. The molecule has 0 aliphatic carbocycles. The average molecular weight is 239 g/mol. The minimum atomic E-state index is -0.773. The van der Waals surface area contributed by atoms with Crippen LogP contribution in [0.5, 0.6) is 5.75 Å². The zero-order valence-corrected chi connectivity index (χ0v) is 9.61. The van der Waals surface area contributed by atoms with Crippen molar-refractivity contribution < 1.29 is 13.7 Å². The molecule has 2 rings (SSSR count). The molecule has 0 unspecified atom stereocenters. The van der Waals surface area contributed by atoms with E-state index in [1.807, 2.05) is 18.2 Å². The van der Waals surface area contributed by atoms with Crippen LogP contribution in [0.4, 0.5) is 4.79 Å². The van der Waals surface area contributed by atoms with Crippen molar-refractivity contribution in [3.05, 3.63) is 30.3 Å². The molecule has 0 bridgehead atoms. The van der Waals surface area contributed by atoms with Gasteiger partial charge in [0.05, 0.1) is 0 Å². The molecule has 86 valence electrons. The molecule has 1 heterocycles. The van der Waals surface area contributed by atoms with E-state index in [9.17, 15) is 9.00 Å². The third-order valence-corrected chi connectivity index (χ3v) is 3.66. The van der Waals surface area contributed by atoms with Gasteiger partial charge in [-0.15, -0.1) is 0 Å². The van der Waals surface area contributed by atoms with E-state index in [1.165, 1.54) is 0 Å². The first-order chi connectivity index (χ1) is 7.75. The largest absolute Gasteiger partial charge is 0.415 e. The molecule has 1 aliphatic heterocycles. The zero-order chi connectivity index (χ0) is 11.4. The number of amides is 1. The SMILES string of the molecule is O=C(Oc1ccccc1)N1CCS(=O)CC1. The lowest BCUT2D eigenvalue weighted by Gasteiger charge is -2.25. The Labute approximate surface area is 96.7 Å². The van der Waals surface area contributed by atoms with Crippen LogP contribution < -0.4 is 4.74 Å². The van der Waals surface area contributed by atoms with Crippen LogP contribution in [-0.2, 0) is 10.8 Å². The van der Waals surface area contributed by atoms with Gasteiger partial charge in [0.2, 0.25) is 0 Å². The van der Waals surface area contributed by atoms with Crippen molar-refractivity contribution in [1.29, 1.82) is 0 Å². The van der Waals surface area contributed by atoms with Crippen molar-refractivity contribution in [2.75, 3.05) is 24.6 Å². The Kier molecular flexibility index (Phi) is 3.56. The van der Waals surface area contributed by atoms with Gasteiger partial charge < -0.3 is 9.64 Å². The summed E-state index contributed by atoms with van der Waals surface area (Å²) in [6.45, 7) is 1.02. The first-order valence-corrected chi connectivity index (χ1v) is 6.61. The molecule has 0 N–H and O–H groups in total. The number of benzene rings is 1. The summed E-state index contributed by atoms with van der Waals surface area (Å²) in [5.74, 6) is 1.63. The van der Waals surface area contributed by atoms with Crippen LogP contribution in [0.2, 0.25) is 0 Å². The number of hydrogen-bond acceptors (Lipinski definition) is 3. The van der Waals surface area contributed by atoms with Crippen LogP contribution in [0, 0.1) is 0 Å². The number of para-hydroxylation sites is 1. The number of rotatable bonds is 1. The van der Waals surface area contributed by atoms with Crippen molar-refractivity contribution in [3.63, 3.8) is 0 Å². The molecule has 1 aromatic rings. The Hall–Kier alpha value is -1.36. The lowest BCUT2D eigenvalue weighted by atomic mass is 10.3. The minimum absolute atomic E-state index is 0.358. The number of hydrogen-bond donors (Lipinski definition) is 0. The van der Waals surface area contributed by atoms with E-state index in [1.54, 1.807) is 17.0 Å². The summed E-state index contributed by atoms with van der Waals surface area (Å²) in [7, 11) is -0.773. The highest BCUT2D eigenvalue weighted by atomic mass is 32.2. The Morgan fingerprint density at radius 3 is 2.44 bits per heavy atom. The van der Waals surface area contributed by atoms with Gasteiger partial charge in [-0.3, -0.25) is 4.21 Å². The summed E-state index contributed by atoms with van der Waals surface area (Å²) in [4.78, 5) is 13.3. The van der Waals surface area contributed by atoms with Gasteiger partial charge in [0.25, 0.3) is 0 Å². The number of nitrogens with zero attached hydrogens (tertiary/aromatic N) is 1. The van der Waals surface area contributed by atoms with Crippen molar-refractivity contribution in [3.8, 4) is 5.75 Å². The molecule has 5 heteroatoms. The number of carbonyl (C=O) groups excluding carboxylic acids is 1. The lowest BCUT2D eigenvalue weighted by Crippen LogP contribution is -2.43. The first kappa shape index (κ1) is 11.1. The molecule has 0 radical (unpaired) electrons. The fraction of sp³-hybridized carbons (Fsp3) is 0.364. The smallest absolute Gasteiger partial charge is 0.410 e. The molecule has 1 aliphatic rings. The number of carbonyl (C=O) groups is 1. The van der Waals surface area contributed by atoms with E-state index in [0.717, 1.165) is 0 Å². The third-order valence-electron chi connectivity index (χ3n) is 2.38. The summed E-state index contributed by atoms with van der Waals surface area (Å²) in [5, 5.41) is 0. The summed E-state index contributed by atoms with van der Waals surface area (Å²) >= 11 is 0. The van der Waals surface area contributed by atoms with Gasteiger partial charge in [-0.1, -0.05) is 18.2 Å². The molecule has 1 amide bonds. The fourth-order valence-corrected chi connectivity index (χ4v) is 2.53. The quantitative estimate of drug-likeness (QED) is 0.741. The summed E-state index contributed by atoms with van der Waals surface area (Å²) in [6, 6.07) is 8.96. The third kappa shape index (κ3) is 2.82.